The van der Waals surface area contributed by atoms with Gasteiger partial charge in [-0.25, -0.2) is 0 Å². The van der Waals surface area contributed by atoms with E-state index in [0.717, 1.165) is 48.9 Å². The smallest absolute Gasteiger partial charge is 0.251 e. The molecule has 0 aromatic heterocycles. The fourth-order valence-corrected chi connectivity index (χ4v) is 5.62. The maximum absolute atomic E-state index is 13.6. The molecule has 1 aliphatic carbocycles. The van der Waals surface area contributed by atoms with E-state index in [1.807, 2.05) is 42.5 Å². The van der Waals surface area contributed by atoms with Crippen LogP contribution in [0.2, 0.25) is 0 Å². The second kappa shape index (κ2) is 12.0. The van der Waals surface area contributed by atoms with Crippen molar-refractivity contribution in [1.82, 2.24) is 5.32 Å². The zero-order chi connectivity index (χ0) is 25.7. The number of nitrogens with two attached hydrogens (primary N) is 1. The van der Waals surface area contributed by atoms with Gasteiger partial charge in [-0.3, -0.25) is 9.59 Å². The van der Waals surface area contributed by atoms with Gasteiger partial charge in [0.25, 0.3) is 5.91 Å². The Balaban J connectivity index is 1.59. The van der Waals surface area contributed by atoms with Crippen LogP contribution in [0.15, 0.2) is 48.5 Å². The molecular weight excluding hydrogens is 450 g/mol. The molecule has 1 heterocycles. The minimum atomic E-state index is -0.856. The first-order valence-electron chi connectivity index (χ1n) is 13.6. The summed E-state index contributed by atoms with van der Waals surface area (Å²) in [5.74, 6) is 0.319. The van der Waals surface area contributed by atoms with E-state index >= 15 is 0 Å². The third-order valence-electron chi connectivity index (χ3n) is 7.87. The van der Waals surface area contributed by atoms with Gasteiger partial charge in [-0.05, 0) is 66.8 Å². The zero-order valence-electron chi connectivity index (χ0n) is 21.7. The standard InChI is InChI=1S/C30H41N3O3/c1-20(2)23-17-24(19-25(18-23)33-15-9-14-27(33)34)30(36)32-26(16-21-10-5-3-6-11-21)29(35)28(31)22-12-7-4-8-13-22/h3,5-6,10-11,17-20,22,26,28-29,35H,4,7-9,12-16,31H2,1-2H3,(H,32,36). The van der Waals surface area contributed by atoms with Crippen LogP contribution < -0.4 is 16.0 Å². The summed E-state index contributed by atoms with van der Waals surface area (Å²) in [6, 6.07) is 14.7. The van der Waals surface area contributed by atoms with Gasteiger partial charge in [0.2, 0.25) is 5.91 Å². The number of anilines is 1. The Hall–Kier alpha value is -2.70. The second-order valence-corrected chi connectivity index (χ2v) is 10.9. The number of carbonyl (C=O) groups excluding carboxylic acids is 2. The summed E-state index contributed by atoms with van der Waals surface area (Å²) in [6.45, 7) is 4.84. The number of hydrogen-bond donors (Lipinski definition) is 3. The number of amides is 2. The molecule has 2 aliphatic rings. The summed E-state index contributed by atoms with van der Waals surface area (Å²) in [4.78, 5) is 27.8. The first kappa shape index (κ1) is 26.4. The van der Waals surface area contributed by atoms with Gasteiger partial charge in [-0.2, -0.15) is 0 Å². The summed E-state index contributed by atoms with van der Waals surface area (Å²) in [6.07, 6.45) is 6.55. The van der Waals surface area contributed by atoms with Gasteiger partial charge in [0.1, 0.15) is 0 Å². The van der Waals surface area contributed by atoms with Crippen molar-refractivity contribution in [3.8, 4) is 0 Å². The van der Waals surface area contributed by atoms with Gasteiger partial charge >= 0.3 is 0 Å². The van der Waals surface area contributed by atoms with E-state index in [0.29, 0.717) is 24.9 Å². The molecule has 2 aromatic rings. The van der Waals surface area contributed by atoms with Crippen molar-refractivity contribution in [2.24, 2.45) is 11.7 Å². The van der Waals surface area contributed by atoms with Crippen molar-refractivity contribution in [1.29, 1.82) is 0 Å². The molecule has 6 nitrogen and oxygen atoms in total. The fourth-order valence-electron chi connectivity index (χ4n) is 5.62. The highest BCUT2D eigenvalue weighted by molar-refractivity contribution is 5.99. The number of benzene rings is 2. The number of carbonyl (C=O) groups is 2. The van der Waals surface area contributed by atoms with Crippen molar-refractivity contribution in [2.75, 3.05) is 11.4 Å². The molecule has 2 amide bonds. The van der Waals surface area contributed by atoms with E-state index in [2.05, 4.69) is 19.2 Å². The molecule has 0 spiro atoms. The summed E-state index contributed by atoms with van der Waals surface area (Å²) in [7, 11) is 0. The number of aliphatic hydroxyl groups is 1. The lowest BCUT2D eigenvalue weighted by Gasteiger charge is -2.35. The zero-order valence-corrected chi connectivity index (χ0v) is 21.7. The fraction of sp³-hybridized carbons (Fsp3) is 0.533. The predicted octanol–water partition coefficient (Wildman–Crippen LogP) is 4.55. The largest absolute Gasteiger partial charge is 0.389 e. The third kappa shape index (κ3) is 6.34. The predicted molar refractivity (Wildman–Crippen MR) is 144 cm³/mol. The highest BCUT2D eigenvalue weighted by atomic mass is 16.3. The molecular formula is C30H41N3O3. The van der Waals surface area contributed by atoms with Gasteiger partial charge < -0.3 is 21.1 Å². The Morgan fingerprint density at radius 2 is 1.81 bits per heavy atom. The van der Waals surface area contributed by atoms with Crippen LogP contribution >= 0.6 is 0 Å². The Labute approximate surface area is 215 Å². The molecule has 1 saturated heterocycles. The van der Waals surface area contributed by atoms with Crippen molar-refractivity contribution < 1.29 is 14.7 Å². The van der Waals surface area contributed by atoms with Crippen LogP contribution in [0, 0.1) is 5.92 Å². The number of hydrogen-bond acceptors (Lipinski definition) is 4. The van der Waals surface area contributed by atoms with E-state index in [1.165, 1.54) is 6.42 Å². The quantitative estimate of drug-likeness (QED) is 0.480. The summed E-state index contributed by atoms with van der Waals surface area (Å²) in [5.41, 5.74) is 9.93. The second-order valence-electron chi connectivity index (χ2n) is 10.9. The lowest BCUT2D eigenvalue weighted by atomic mass is 9.80. The average Bonchev–Trinajstić information content (AvgIpc) is 3.34. The van der Waals surface area contributed by atoms with E-state index in [-0.39, 0.29) is 29.7 Å². The molecule has 3 unspecified atom stereocenters. The highest BCUT2D eigenvalue weighted by Gasteiger charge is 2.33. The van der Waals surface area contributed by atoms with Crippen molar-refractivity contribution in [3.63, 3.8) is 0 Å². The maximum Gasteiger partial charge on any atom is 0.251 e. The van der Waals surface area contributed by atoms with Crippen molar-refractivity contribution >= 4 is 17.5 Å². The van der Waals surface area contributed by atoms with Crippen LogP contribution in [-0.2, 0) is 11.2 Å². The first-order valence-corrected chi connectivity index (χ1v) is 13.6. The molecule has 0 radical (unpaired) electrons. The SMILES string of the molecule is CC(C)c1cc(C(=O)NC(Cc2ccccc2)C(O)C(N)C2CCCCC2)cc(N2CCCC2=O)c1. The maximum atomic E-state index is 13.6. The average molecular weight is 492 g/mol. The molecule has 6 heteroatoms. The van der Waals surface area contributed by atoms with Crippen LogP contribution in [0.3, 0.4) is 0 Å². The monoisotopic (exact) mass is 491 g/mol. The van der Waals surface area contributed by atoms with Gasteiger partial charge in [0.15, 0.2) is 0 Å². The Morgan fingerprint density at radius 3 is 2.44 bits per heavy atom. The van der Waals surface area contributed by atoms with Gasteiger partial charge in [0.05, 0.1) is 12.1 Å². The van der Waals surface area contributed by atoms with Crippen LogP contribution in [0.4, 0.5) is 5.69 Å². The molecule has 194 valence electrons. The number of aliphatic hydroxyl groups excluding tert-OH is 1. The van der Waals surface area contributed by atoms with E-state index in [9.17, 15) is 14.7 Å². The topological polar surface area (TPSA) is 95.7 Å². The van der Waals surface area contributed by atoms with Gasteiger partial charge in [-0.15, -0.1) is 0 Å². The van der Waals surface area contributed by atoms with Crippen LogP contribution in [-0.4, -0.2) is 41.7 Å². The normalized spacial score (nSPS) is 19.4. The van der Waals surface area contributed by atoms with Crippen molar-refractivity contribution in [2.45, 2.75) is 89.3 Å². The minimum Gasteiger partial charge on any atom is -0.389 e. The number of rotatable bonds is 9. The van der Waals surface area contributed by atoms with Crippen LogP contribution in [0.5, 0.6) is 0 Å². The molecule has 3 atom stereocenters. The van der Waals surface area contributed by atoms with E-state index in [4.69, 9.17) is 5.73 Å². The lowest BCUT2D eigenvalue weighted by molar-refractivity contribution is -0.117. The molecule has 36 heavy (non-hydrogen) atoms. The molecule has 1 saturated carbocycles. The lowest BCUT2D eigenvalue weighted by Crippen LogP contribution is -2.55. The molecule has 2 fully saturated rings. The first-order chi connectivity index (χ1) is 17.3. The number of nitrogens with zero attached hydrogens (tertiary/aromatic N) is 1. The van der Waals surface area contributed by atoms with E-state index < -0.39 is 12.1 Å². The Kier molecular flexibility index (Phi) is 8.81. The van der Waals surface area contributed by atoms with E-state index in [1.54, 1.807) is 11.0 Å². The van der Waals surface area contributed by atoms with Crippen molar-refractivity contribution in [3.05, 3.63) is 65.2 Å². The Morgan fingerprint density at radius 1 is 1.08 bits per heavy atom. The highest BCUT2D eigenvalue weighted by Crippen LogP contribution is 2.29. The summed E-state index contributed by atoms with van der Waals surface area (Å²) < 4.78 is 0. The molecule has 4 N–H and O–H groups in total. The molecule has 2 aromatic carbocycles. The minimum absolute atomic E-state index is 0.0955. The van der Waals surface area contributed by atoms with Gasteiger partial charge in [-0.1, -0.05) is 63.4 Å². The summed E-state index contributed by atoms with van der Waals surface area (Å²) in [5, 5.41) is 14.5. The van der Waals surface area contributed by atoms with Crippen LogP contribution in [0.25, 0.3) is 0 Å². The summed E-state index contributed by atoms with van der Waals surface area (Å²) >= 11 is 0. The third-order valence-corrected chi connectivity index (χ3v) is 7.87. The number of nitrogens with one attached hydrogen (secondary N) is 1. The molecule has 4 rings (SSSR count). The van der Waals surface area contributed by atoms with Crippen LogP contribution in [0.1, 0.15) is 86.2 Å². The van der Waals surface area contributed by atoms with Gasteiger partial charge in [0, 0.05) is 30.3 Å². The molecule has 0 bridgehead atoms. The Bertz CT molecular complexity index is 1030. The molecule has 1 aliphatic heterocycles.